The van der Waals surface area contributed by atoms with E-state index < -0.39 is 0 Å². The highest BCUT2D eigenvalue weighted by Crippen LogP contribution is 2.24. The summed E-state index contributed by atoms with van der Waals surface area (Å²) >= 11 is 0. The normalized spacial score (nSPS) is 12.2. The van der Waals surface area contributed by atoms with Crippen LogP contribution in [0.1, 0.15) is 18.1 Å². The summed E-state index contributed by atoms with van der Waals surface area (Å²) in [6, 6.07) is 14.6. The van der Waals surface area contributed by atoms with Crippen LogP contribution in [-0.2, 0) is 13.0 Å². The topological polar surface area (TPSA) is 35.2 Å². The quantitative estimate of drug-likeness (QED) is 0.894. The second-order valence-electron chi connectivity index (χ2n) is 4.68. The average molecular weight is 259 g/mol. The van der Waals surface area contributed by atoms with Gasteiger partial charge in [-0.1, -0.05) is 42.5 Å². The molecule has 0 saturated heterocycles. The van der Waals surface area contributed by atoms with Crippen molar-refractivity contribution in [1.82, 2.24) is 0 Å². The van der Waals surface area contributed by atoms with E-state index in [1.165, 1.54) is 6.07 Å². The summed E-state index contributed by atoms with van der Waals surface area (Å²) in [7, 11) is 0. The fraction of sp³-hybridized carbons (Fsp3) is 0.250. The van der Waals surface area contributed by atoms with Crippen molar-refractivity contribution in [3.05, 3.63) is 65.5 Å². The van der Waals surface area contributed by atoms with E-state index in [0.29, 0.717) is 18.8 Å². The Kier molecular flexibility index (Phi) is 4.53. The van der Waals surface area contributed by atoms with Gasteiger partial charge in [0.1, 0.15) is 6.61 Å². The lowest BCUT2D eigenvalue weighted by Crippen LogP contribution is -2.18. The molecule has 0 amide bonds. The molecule has 0 heterocycles. The van der Waals surface area contributed by atoms with Crippen molar-refractivity contribution in [3.63, 3.8) is 0 Å². The number of rotatable bonds is 5. The Bertz CT molecular complexity index is 526. The Morgan fingerprint density at radius 3 is 2.53 bits per heavy atom. The maximum atomic E-state index is 13.8. The molecule has 0 bridgehead atoms. The van der Waals surface area contributed by atoms with Crippen LogP contribution in [0.15, 0.2) is 48.5 Å². The molecule has 0 aliphatic carbocycles. The van der Waals surface area contributed by atoms with Gasteiger partial charge in [-0.3, -0.25) is 0 Å². The maximum Gasteiger partial charge on any atom is 0.165 e. The standard InChI is InChI=1S/C16H18FNO/c1-12(18)10-14-8-5-9-15(17)16(14)19-11-13-6-3-2-4-7-13/h2-9,12H,10-11,18H2,1H3. The summed E-state index contributed by atoms with van der Waals surface area (Å²) in [5.74, 6) is -0.0299. The van der Waals surface area contributed by atoms with Crippen LogP contribution in [0.5, 0.6) is 5.75 Å². The Hall–Kier alpha value is -1.87. The summed E-state index contributed by atoms with van der Waals surface area (Å²) in [6.45, 7) is 2.25. The van der Waals surface area contributed by atoms with Gasteiger partial charge in [-0.15, -0.1) is 0 Å². The van der Waals surface area contributed by atoms with Crippen LogP contribution < -0.4 is 10.5 Å². The zero-order valence-corrected chi connectivity index (χ0v) is 11.0. The largest absolute Gasteiger partial charge is 0.486 e. The van der Waals surface area contributed by atoms with Gasteiger partial charge in [-0.25, -0.2) is 4.39 Å². The fourth-order valence-electron chi connectivity index (χ4n) is 1.95. The monoisotopic (exact) mass is 259 g/mol. The number of benzene rings is 2. The predicted molar refractivity (Wildman–Crippen MR) is 74.5 cm³/mol. The highest BCUT2D eigenvalue weighted by molar-refractivity contribution is 5.35. The number of nitrogens with two attached hydrogens (primary N) is 1. The third kappa shape index (κ3) is 3.80. The summed E-state index contributed by atoms with van der Waals surface area (Å²) in [4.78, 5) is 0. The second kappa shape index (κ2) is 6.34. The number of hydrogen-bond donors (Lipinski definition) is 1. The summed E-state index contributed by atoms with van der Waals surface area (Å²) in [5, 5.41) is 0. The molecule has 0 aliphatic heterocycles. The molecule has 1 atom stereocenters. The predicted octanol–water partition coefficient (Wildman–Crippen LogP) is 3.29. The average Bonchev–Trinajstić information content (AvgIpc) is 2.38. The summed E-state index contributed by atoms with van der Waals surface area (Å²) in [5.41, 5.74) is 7.60. The van der Waals surface area contributed by atoms with Gasteiger partial charge in [-0.05, 0) is 30.5 Å². The van der Waals surface area contributed by atoms with Crippen LogP contribution in [0.2, 0.25) is 0 Å². The minimum absolute atomic E-state index is 0.0270. The Balaban J connectivity index is 2.14. The first-order valence-electron chi connectivity index (χ1n) is 6.36. The molecule has 0 fully saturated rings. The molecule has 2 N–H and O–H groups in total. The van der Waals surface area contributed by atoms with Crippen LogP contribution in [0.3, 0.4) is 0 Å². The van der Waals surface area contributed by atoms with Gasteiger partial charge in [0, 0.05) is 6.04 Å². The van der Waals surface area contributed by atoms with Gasteiger partial charge in [0.2, 0.25) is 0 Å². The summed E-state index contributed by atoms with van der Waals surface area (Å²) < 4.78 is 19.5. The number of halogens is 1. The molecular formula is C16H18FNO. The number of para-hydroxylation sites is 1. The lowest BCUT2D eigenvalue weighted by molar-refractivity contribution is 0.286. The van der Waals surface area contributed by atoms with Gasteiger partial charge < -0.3 is 10.5 Å². The van der Waals surface area contributed by atoms with E-state index in [0.717, 1.165) is 11.1 Å². The van der Waals surface area contributed by atoms with Crippen LogP contribution in [0, 0.1) is 5.82 Å². The van der Waals surface area contributed by atoms with Crippen molar-refractivity contribution in [1.29, 1.82) is 0 Å². The SMILES string of the molecule is CC(N)Cc1cccc(F)c1OCc1ccccc1. The van der Waals surface area contributed by atoms with Crippen LogP contribution in [-0.4, -0.2) is 6.04 Å². The molecule has 0 radical (unpaired) electrons. The Morgan fingerprint density at radius 1 is 1.11 bits per heavy atom. The van der Waals surface area contributed by atoms with Gasteiger partial charge in [0.25, 0.3) is 0 Å². The molecule has 3 heteroatoms. The molecular weight excluding hydrogens is 241 g/mol. The van der Waals surface area contributed by atoms with E-state index in [4.69, 9.17) is 10.5 Å². The van der Waals surface area contributed by atoms with Gasteiger partial charge in [0.05, 0.1) is 0 Å². The van der Waals surface area contributed by atoms with Crippen LogP contribution in [0.25, 0.3) is 0 Å². The van der Waals surface area contributed by atoms with E-state index in [-0.39, 0.29) is 11.9 Å². The minimum atomic E-state index is -0.339. The van der Waals surface area contributed by atoms with Gasteiger partial charge in [-0.2, -0.15) is 0 Å². The Morgan fingerprint density at radius 2 is 1.84 bits per heavy atom. The minimum Gasteiger partial charge on any atom is -0.486 e. The zero-order chi connectivity index (χ0) is 13.7. The van der Waals surface area contributed by atoms with E-state index >= 15 is 0 Å². The molecule has 2 rings (SSSR count). The molecule has 0 aromatic heterocycles. The van der Waals surface area contributed by atoms with Crippen molar-refractivity contribution in [2.45, 2.75) is 26.0 Å². The lowest BCUT2D eigenvalue weighted by atomic mass is 10.1. The maximum absolute atomic E-state index is 13.8. The molecule has 0 saturated carbocycles. The van der Waals surface area contributed by atoms with Crippen molar-refractivity contribution in [2.75, 3.05) is 0 Å². The molecule has 1 unspecified atom stereocenters. The first-order valence-corrected chi connectivity index (χ1v) is 6.36. The Labute approximate surface area is 113 Å². The lowest BCUT2D eigenvalue weighted by Gasteiger charge is -2.14. The van der Waals surface area contributed by atoms with Gasteiger partial charge >= 0.3 is 0 Å². The van der Waals surface area contributed by atoms with Crippen molar-refractivity contribution < 1.29 is 9.13 Å². The van der Waals surface area contributed by atoms with E-state index in [9.17, 15) is 4.39 Å². The smallest absolute Gasteiger partial charge is 0.165 e. The first-order chi connectivity index (χ1) is 9.16. The third-order valence-electron chi connectivity index (χ3n) is 2.82. The van der Waals surface area contributed by atoms with Crippen molar-refractivity contribution >= 4 is 0 Å². The molecule has 0 spiro atoms. The highest BCUT2D eigenvalue weighted by Gasteiger charge is 2.11. The van der Waals surface area contributed by atoms with E-state index in [2.05, 4.69) is 0 Å². The van der Waals surface area contributed by atoms with Crippen molar-refractivity contribution in [2.24, 2.45) is 5.73 Å². The molecule has 0 aliphatic rings. The zero-order valence-electron chi connectivity index (χ0n) is 11.0. The van der Waals surface area contributed by atoms with Gasteiger partial charge in [0.15, 0.2) is 11.6 Å². The van der Waals surface area contributed by atoms with E-state index in [1.807, 2.05) is 43.3 Å². The fourth-order valence-corrected chi connectivity index (χ4v) is 1.95. The number of hydrogen-bond acceptors (Lipinski definition) is 2. The van der Waals surface area contributed by atoms with Crippen LogP contribution >= 0.6 is 0 Å². The molecule has 2 nitrogen and oxygen atoms in total. The molecule has 2 aromatic rings. The molecule has 19 heavy (non-hydrogen) atoms. The second-order valence-corrected chi connectivity index (χ2v) is 4.68. The van der Waals surface area contributed by atoms with E-state index in [1.54, 1.807) is 6.07 Å². The van der Waals surface area contributed by atoms with Crippen molar-refractivity contribution in [3.8, 4) is 5.75 Å². The third-order valence-corrected chi connectivity index (χ3v) is 2.82. The first kappa shape index (κ1) is 13.6. The molecule has 100 valence electrons. The molecule has 2 aromatic carbocycles. The highest BCUT2D eigenvalue weighted by atomic mass is 19.1. The van der Waals surface area contributed by atoms with Crippen LogP contribution in [0.4, 0.5) is 4.39 Å². The number of ether oxygens (including phenoxy) is 1. The summed E-state index contributed by atoms with van der Waals surface area (Å²) in [6.07, 6.45) is 0.599.